The van der Waals surface area contributed by atoms with E-state index in [0.29, 0.717) is 41.9 Å². The molecule has 178 valence electrons. The van der Waals surface area contributed by atoms with Crippen molar-refractivity contribution in [2.45, 2.75) is 110 Å². The zero-order valence-electron chi connectivity index (χ0n) is 20.2. The topological polar surface area (TPSA) is 77.8 Å². The SMILES string of the molecule is CC(C=O)C(O)CCC(C)[C@H]1CC[C@H]2[C@@H]3[C@H](O)C[C@@H]4C[C@H](O)CC[C@]4(C)[C@H]3CC[C@]12C. The molecule has 4 saturated carbocycles. The summed E-state index contributed by atoms with van der Waals surface area (Å²) in [6.45, 7) is 9.12. The van der Waals surface area contributed by atoms with Crippen molar-refractivity contribution in [2.75, 3.05) is 0 Å². The molecule has 31 heavy (non-hydrogen) atoms. The van der Waals surface area contributed by atoms with Crippen LogP contribution in [0.25, 0.3) is 0 Å². The maximum absolute atomic E-state index is 11.3. The van der Waals surface area contributed by atoms with Gasteiger partial charge in [0.2, 0.25) is 0 Å². The Hall–Kier alpha value is -0.450. The summed E-state index contributed by atoms with van der Waals surface area (Å²) in [6, 6.07) is 0. The molecule has 4 fully saturated rings. The molecule has 4 rings (SSSR count). The highest BCUT2D eigenvalue weighted by Crippen LogP contribution is 2.68. The summed E-state index contributed by atoms with van der Waals surface area (Å²) in [7, 11) is 0. The highest BCUT2D eigenvalue weighted by Gasteiger charge is 2.62. The van der Waals surface area contributed by atoms with Gasteiger partial charge in [-0.2, -0.15) is 0 Å². The van der Waals surface area contributed by atoms with E-state index in [9.17, 15) is 20.1 Å². The summed E-state index contributed by atoms with van der Waals surface area (Å²) >= 11 is 0. The van der Waals surface area contributed by atoms with Crippen LogP contribution >= 0.6 is 0 Å². The van der Waals surface area contributed by atoms with Crippen molar-refractivity contribution in [3.63, 3.8) is 0 Å². The van der Waals surface area contributed by atoms with Crippen molar-refractivity contribution in [2.24, 2.45) is 52.3 Å². The molecule has 3 unspecified atom stereocenters. The van der Waals surface area contributed by atoms with Gasteiger partial charge in [0.1, 0.15) is 6.29 Å². The molecule has 4 nitrogen and oxygen atoms in total. The van der Waals surface area contributed by atoms with Gasteiger partial charge in [0.15, 0.2) is 0 Å². The molecular weight excluding hydrogens is 388 g/mol. The minimum atomic E-state index is -0.528. The molecule has 0 radical (unpaired) electrons. The standard InChI is InChI=1S/C27H46O4/c1-16(5-8-23(30)17(2)15-28)20-6-7-21-25-22(10-12-27(20,21)4)26(3)11-9-19(29)13-18(26)14-24(25)31/h15-25,29-31H,5-14H2,1-4H3/t16?,17?,18-,19+,20+,21-,22-,23?,24+,25-,26-,27+/m0/s1. The Balaban J connectivity index is 1.48. The van der Waals surface area contributed by atoms with Crippen LogP contribution < -0.4 is 0 Å². The number of aliphatic hydroxyl groups is 3. The number of carbonyl (C=O) groups is 1. The minimum absolute atomic E-state index is 0.176. The number of aliphatic hydroxyl groups excluding tert-OH is 3. The van der Waals surface area contributed by atoms with Crippen LogP contribution in [0.15, 0.2) is 0 Å². The minimum Gasteiger partial charge on any atom is -0.393 e. The summed E-state index contributed by atoms with van der Waals surface area (Å²) in [4.78, 5) is 11.0. The quantitative estimate of drug-likeness (QED) is 0.534. The Morgan fingerprint density at radius 2 is 1.61 bits per heavy atom. The predicted molar refractivity (Wildman–Crippen MR) is 122 cm³/mol. The summed E-state index contributed by atoms with van der Waals surface area (Å²) in [6.07, 6.45) is 10.3. The zero-order chi connectivity index (χ0) is 22.6. The highest BCUT2D eigenvalue weighted by atomic mass is 16.3. The van der Waals surface area contributed by atoms with E-state index in [-0.39, 0.29) is 29.0 Å². The zero-order valence-corrected chi connectivity index (χ0v) is 20.2. The number of rotatable bonds is 6. The van der Waals surface area contributed by atoms with Crippen LogP contribution in [0.2, 0.25) is 0 Å². The first-order valence-corrected chi connectivity index (χ1v) is 13.1. The molecule has 0 aromatic heterocycles. The van der Waals surface area contributed by atoms with Crippen LogP contribution in [0.1, 0.15) is 91.9 Å². The second-order valence-corrected chi connectivity index (χ2v) is 12.6. The van der Waals surface area contributed by atoms with E-state index >= 15 is 0 Å². The van der Waals surface area contributed by atoms with Crippen molar-refractivity contribution < 1.29 is 20.1 Å². The molecule has 4 aliphatic rings. The Bertz CT molecular complexity index is 651. The van der Waals surface area contributed by atoms with Crippen molar-refractivity contribution in [1.29, 1.82) is 0 Å². The van der Waals surface area contributed by atoms with Crippen LogP contribution in [0.4, 0.5) is 0 Å². The van der Waals surface area contributed by atoms with Crippen LogP contribution in [0.3, 0.4) is 0 Å². The lowest BCUT2D eigenvalue weighted by atomic mass is 9.43. The Morgan fingerprint density at radius 3 is 2.32 bits per heavy atom. The summed E-state index contributed by atoms with van der Waals surface area (Å²) in [5.41, 5.74) is 0.559. The molecule has 12 atom stereocenters. The second kappa shape index (κ2) is 8.72. The third kappa shape index (κ3) is 3.93. The van der Waals surface area contributed by atoms with Gasteiger partial charge in [-0.05, 0) is 111 Å². The predicted octanol–water partition coefficient (Wildman–Crippen LogP) is 4.59. The van der Waals surface area contributed by atoms with Gasteiger partial charge >= 0.3 is 0 Å². The summed E-state index contributed by atoms with van der Waals surface area (Å²) in [5, 5.41) is 31.9. The molecule has 4 aliphatic carbocycles. The largest absolute Gasteiger partial charge is 0.393 e. The molecule has 0 heterocycles. The molecule has 4 heteroatoms. The van der Waals surface area contributed by atoms with Crippen molar-refractivity contribution in [3.05, 3.63) is 0 Å². The van der Waals surface area contributed by atoms with Gasteiger partial charge in [-0.25, -0.2) is 0 Å². The average Bonchev–Trinajstić information content (AvgIpc) is 3.09. The Morgan fingerprint density at radius 1 is 0.935 bits per heavy atom. The monoisotopic (exact) mass is 434 g/mol. The molecular formula is C27H46O4. The van der Waals surface area contributed by atoms with E-state index in [0.717, 1.165) is 38.4 Å². The van der Waals surface area contributed by atoms with Crippen LogP contribution in [0, 0.1) is 52.3 Å². The molecule has 0 saturated heterocycles. The summed E-state index contributed by atoms with van der Waals surface area (Å²) in [5.74, 6) is 2.96. The molecule has 0 amide bonds. The van der Waals surface area contributed by atoms with Crippen LogP contribution in [-0.4, -0.2) is 39.9 Å². The molecule has 0 aromatic carbocycles. The Kier molecular flexibility index (Phi) is 6.67. The smallest absolute Gasteiger partial charge is 0.125 e. The van der Waals surface area contributed by atoms with Gasteiger partial charge in [0.05, 0.1) is 18.3 Å². The normalized spacial score (nSPS) is 50.0. The maximum Gasteiger partial charge on any atom is 0.125 e. The third-order valence-electron chi connectivity index (χ3n) is 11.2. The molecule has 0 spiro atoms. The van der Waals surface area contributed by atoms with Gasteiger partial charge in [0.25, 0.3) is 0 Å². The molecule has 0 bridgehead atoms. The van der Waals surface area contributed by atoms with Crippen molar-refractivity contribution in [1.82, 2.24) is 0 Å². The number of hydrogen-bond donors (Lipinski definition) is 3. The van der Waals surface area contributed by atoms with Gasteiger partial charge in [-0.1, -0.05) is 27.7 Å². The van der Waals surface area contributed by atoms with E-state index in [1.807, 2.05) is 0 Å². The van der Waals surface area contributed by atoms with Gasteiger partial charge in [-0.15, -0.1) is 0 Å². The van der Waals surface area contributed by atoms with Crippen LogP contribution in [0.5, 0.6) is 0 Å². The highest BCUT2D eigenvalue weighted by molar-refractivity contribution is 5.53. The first kappa shape index (κ1) is 23.7. The van der Waals surface area contributed by atoms with E-state index in [2.05, 4.69) is 20.8 Å². The second-order valence-electron chi connectivity index (χ2n) is 12.6. The average molecular weight is 435 g/mol. The van der Waals surface area contributed by atoms with Gasteiger partial charge in [0, 0.05) is 5.92 Å². The molecule has 0 aromatic rings. The first-order chi connectivity index (χ1) is 14.6. The fourth-order valence-electron chi connectivity index (χ4n) is 9.16. The van der Waals surface area contributed by atoms with Gasteiger partial charge in [-0.3, -0.25) is 0 Å². The maximum atomic E-state index is 11.3. The van der Waals surface area contributed by atoms with Crippen LogP contribution in [-0.2, 0) is 4.79 Å². The van der Waals surface area contributed by atoms with E-state index in [1.54, 1.807) is 6.92 Å². The Labute approximate surface area is 189 Å². The van der Waals surface area contributed by atoms with E-state index in [4.69, 9.17) is 0 Å². The number of aldehydes is 1. The fraction of sp³-hybridized carbons (Fsp3) is 0.963. The third-order valence-corrected chi connectivity index (χ3v) is 11.2. The van der Waals surface area contributed by atoms with Gasteiger partial charge < -0.3 is 20.1 Å². The molecule has 3 N–H and O–H groups in total. The molecule has 0 aliphatic heterocycles. The number of fused-ring (bicyclic) bond motifs is 5. The summed E-state index contributed by atoms with van der Waals surface area (Å²) < 4.78 is 0. The lowest BCUT2D eigenvalue weighted by Gasteiger charge is -2.62. The van der Waals surface area contributed by atoms with E-state index < -0.39 is 6.10 Å². The lowest BCUT2D eigenvalue weighted by molar-refractivity contribution is -0.174. The van der Waals surface area contributed by atoms with E-state index in [1.165, 1.54) is 25.7 Å². The van der Waals surface area contributed by atoms with Crippen molar-refractivity contribution >= 4 is 6.29 Å². The van der Waals surface area contributed by atoms with Crippen molar-refractivity contribution in [3.8, 4) is 0 Å². The number of carbonyl (C=O) groups excluding carboxylic acids is 1. The lowest BCUT2D eigenvalue weighted by Crippen LogP contribution is -2.58. The number of hydrogen-bond acceptors (Lipinski definition) is 4. The first-order valence-electron chi connectivity index (χ1n) is 13.1. The fourth-order valence-corrected chi connectivity index (χ4v) is 9.16.